The first-order valence-electron chi connectivity index (χ1n) is 6.50. The Bertz CT molecular complexity index is 598. The van der Waals surface area contributed by atoms with Gasteiger partial charge in [0.15, 0.2) is 0 Å². The Balaban J connectivity index is 2.04. The number of hydrogen-bond donors (Lipinski definition) is 1. The van der Waals surface area contributed by atoms with E-state index in [9.17, 15) is 4.79 Å². The Labute approximate surface area is 107 Å². The number of aryl methyl sites for hydroxylation is 1. The molecule has 0 unspecified atom stereocenters. The van der Waals surface area contributed by atoms with Gasteiger partial charge in [0.2, 0.25) is 5.91 Å². The third-order valence-electron chi connectivity index (χ3n) is 3.82. The first-order valence-corrected chi connectivity index (χ1v) is 6.50. The Morgan fingerprint density at radius 2 is 2.06 bits per heavy atom. The second-order valence-electron chi connectivity index (χ2n) is 5.04. The summed E-state index contributed by atoms with van der Waals surface area (Å²) in [6.07, 6.45) is 2.23. The third-order valence-corrected chi connectivity index (χ3v) is 3.82. The van der Waals surface area contributed by atoms with Crippen LogP contribution in [0.25, 0.3) is 10.8 Å². The van der Waals surface area contributed by atoms with Gasteiger partial charge >= 0.3 is 0 Å². The van der Waals surface area contributed by atoms with Gasteiger partial charge in [-0.15, -0.1) is 0 Å². The Morgan fingerprint density at radius 3 is 2.83 bits per heavy atom. The van der Waals surface area contributed by atoms with E-state index < -0.39 is 0 Å². The van der Waals surface area contributed by atoms with Crippen molar-refractivity contribution in [3.05, 3.63) is 47.5 Å². The van der Waals surface area contributed by atoms with Crippen molar-refractivity contribution < 1.29 is 4.79 Å². The van der Waals surface area contributed by atoms with Crippen molar-refractivity contribution in [2.24, 2.45) is 0 Å². The minimum atomic E-state index is 0.0565. The van der Waals surface area contributed by atoms with E-state index in [1.165, 1.54) is 21.9 Å². The van der Waals surface area contributed by atoms with Crippen molar-refractivity contribution in [1.82, 2.24) is 5.32 Å². The van der Waals surface area contributed by atoms with Gasteiger partial charge in [0.25, 0.3) is 0 Å². The summed E-state index contributed by atoms with van der Waals surface area (Å²) in [7, 11) is 0. The van der Waals surface area contributed by atoms with Crippen molar-refractivity contribution in [3.8, 4) is 0 Å². The zero-order valence-electron chi connectivity index (χ0n) is 10.6. The molecule has 0 radical (unpaired) electrons. The molecular weight excluding hydrogens is 222 g/mol. The van der Waals surface area contributed by atoms with E-state index in [0.717, 1.165) is 19.4 Å². The van der Waals surface area contributed by atoms with Crippen molar-refractivity contribution in [3.63, 3.8) is 0 Å². The molecule has 0 saturated heterocycles. The molecule has 0 spiro atoms. The van der Waals surface area contributed by atoms with Crippen molar-refractivity contribution in [1.29, 1.82) is 0 Å². The third kappa shape index (κ3) is 1.88. The minimum absolute atomic E-state index is 0.0565. The first kappa shape index (κ1) is 11.3. The Hall–Kier alpha value is -1.83. The van der Waals surface area contributed by atoms with Gasteiger partial charge in [0.1, 0.15) is 0 Å². The molecule has 2 aromatic carbocycles. The summed E-state index contributed by atoms with van der Waals surface area (Å²) in [6.45, 7) is 2.33. The summed E-state index contributed by atoms with van der Waals surface area (Å²) in [5, 5.41) is 5.67. The molecule has 2 nitrogen and oxygen atoms in total. The van der Waals surface area contributed by atoms with Crippen LogP contribution in [-0.4, -0.2) is 12.5 Å². The number of carbonyl (C=O) groups excluding carboxylic acids is 1. The molecular formula is C16H17NO. The van der Waals surface area contributed by atoms with Crippen LogP contribution < -0.4 is 5.32 Å². The molecule has 1 aliphatic rings. The van der Waals surface area contributed by atoms with E-state index >= 15 is 0 Å². The molecule has 3 rings (SSSR count). The van der Waals surface area contributed by atoms with Gasteiger partial charge in [-0.3, -0.25) is 4.79 Å². The van der Waals surface area contributed by atoms with E-state index in [4.69, 9.17) is 0 Å². The SMILES string of the molecule is CC(=O)NC[C@H]1CCc2cccc3cccc1c23. The smallest absolute Gasteiger partial charge is 0.216 e. The molecule has 2 aromatic rings. The molecule has 1 atom stereocenters. The van der Waals surface area contributed by atoms with Crippen LogP contribution in [0, 0.1) is 0 Å². The van der Waals surface area contributed by atoms with Gasteiger partial charge in [-0.2, -0.15) is 0 Å². The molecule has 92 valence electrons. The van der Waals surface area contributed by atoms with Gasteiger partial charge < -0.3 is 5.32 Å². The quantitative estimate of drug-likeness (QED) is 0.857. The average molecular weight is 239 g/mol. The fraction of sp³-hybridized carbons (Fsp3) is 0.312. The number of rotatable bonds is 2. The molecule has 1 aliphatic carbocycles. The van der Waals surface area contributed by atoms with Gasteiger partial charge in [-0.1, -0.05) is 36.4 Å². The van der Waals surface area contributed by atoms with Crippen LogP contribution in [0.3, 0.4) is 0 Å². The Morgan fingerprint density at radius 1 is 1.28 bits per heavy atom. The summed E-state index contributed by atoms with van der Waals surface area (Å²) in [5.74, 6) is 0.508. The van der Waals surface area contributed by atoms with Crippen molar-refractivity contribution >= 4 is 16.7 Å². The van der Waals surface area contributed by atoms with E-state index in [1.807, 2.05) is 0 Å². The molecule has 0 aliphatic heterocycles. The lowest BCUT2D eigenvalue weighted by molar-refractivity contribution is -0.119. The molecule has 1 amide bonds. The predicted molar refractivity (Wildman–Crippen MR) is 73.7 cm³/mol. The fourth-order valence-corrected chi connectivity index (χ4v) is 2.96. The summed E-state index contributed by atoms with van der Waals surface area (Å²) in [4.78, 5) is 11.1. The molecule has 0 heterocycles. The number of nitrogens with one attached hydrogen (secondary N) is 1. The Kier molecular flexibility index (Phi) is 2.78. The summed E-state index contributed by atoms with van der Waals surface area (Å²) < 4.78 is 0. The maximum Gasteiger partial charge on any atom is 0.216 e. The molecule has 0 aromatic heterocycles. The number of benzene rings is 2. The van der Waals surface area contributed by atoms with E-state index in [0.29, 0.717) is 5.92 Å². The molecule has 2 heteroatoms. The molecule has 0 fully saturated rings. The van der Waals surface area contributed by atoms with Gasteiger partial charge in [0.05, 0.1) is 0 Å². The van der Waals surface area contributed by atoms with E-state index in [-0.39, 0.29) is 5.91 Å². The lowest BCUT2D eigenvalue weighted by Crippen LogP contribution is -2.27. The maximum atomic E-state index is 11.1. The van der Waals surface area contributed by atoms with Crippen LogP contribution in [0.2, 0.25) is 0 Å². The standard InChI is InChI=1S/C16H17NO/c1-11(18)17-10-14-9-8-13-5-2-4-12-6-3-7-15(14)16(12)13/h2-7,14H,8-10H2,1H3,(H,17,18)/t14-/m1/s1. The number of amides is 1. The molecule has 0 saturated carbocycles. The summed E-state index contributed by atoms with van der Waals surface area (Å²) in [5.41, 5.74) is 2.84. The zero-order chi connectivity index (χ0) is 12.5. The molecule has 0 bridgehead atoms. The van der Waals surface area contributed by atoms with Crippen LogP contribution in [0.1, 0.15) is 30.4 Å². The second kappa shape index (κ2) is 4.45. The average Bonchev–Trinajstić information content (AvgIpc) is 2.38. The van der Waals surface area contributed by atoms with Gasteiger partial charge in [-0.05, 0) is 34.7 Å². The highest BCUT2D eigenvalue weighted by Gasteiger charge is 2.21. The van der Waals surface area contributed by atoms with Crippen LogP contribution in [0.15, 0.2) is 36.4 Å². The second-order valence-corrected chi connectivity index (χ2v) is 5.04. The highest BCUT2D eigenvalue weighted by molar-refractivity contribution is 5.90. The van der Waals surface area contributed by atoms with E-state index in [2.05, 4.69) is 41.7 Å². The lowest BCUT2D eigenvalue weighted by atomic mass is 9.81. The first-order chi connectivity index (χ1) is 8.75. The monoisotopic (exact) mass is 239 g/mol. The number of hydrogen-bond acceptors (Lipinski definition) is 1. The van der Waals surface area contributed by atoms with Crippen LogP contribution in [0.4, 0.5) is 0 Å². The van der Waals surface area contributed by atoms with Crippen molar-refractivity contribution in [2.45, 2.75) is 25.7 Å². The van der Waals surface area contributed by atoms with Gasteiger partial charge in [-0.25, -0.2) is 0 Å². The molecule has 1 N–H and O–H groups in total. The highest BCUT2D eigenvalue weighted by atomic mass is 16.1. The molecule has 18 heavy (non-hydrogen) atoms. The fourth-order valence-electron chi connectivity index (χ4n) is 2.96. The van der Waals surface area contributed by atoms with Crippen LogP contribution >= 0.6 is 0 Å². The maximum absolute atomic E-state index is 11.1. The largest absolute Gasteiger partial charge is 0.356 e. The summed E-state index contributed by atoms with van der Waals surface area (Å²) >= 11 is 0. The van der Waals surface area contributed by atoms with Crippen LogP contribution in [-0.2, 0) is 11.2 Å². The summed E-state index contributed by atoms with van der Waals surface area (Å²) in [6, 6.07) is 13.0. The minimum Gasteiger partial charge on any atom is -0.356 e. The van der Waals surface area contributed by atoms with E-state index in [1.54, 1.807) is 6.92 Å². The highest BCUT2D eigenvalue weighted by Crippen LogP contribution is 2.36. The lowest BCUT2D eigenvalue weighted by Gasteiger charge is -2.25. The predicted octanol–water partition coefficient (Wildman–Crippen LogP) is 3.01. The topological polar surface area (TPSA) is 29.1 Å². The van der Waals surface area contributed by atoms with Gasteiger partial charge in [0, 0.05) is 19.4 Å². The number of carbonyl (C=O) groups is 1. The van der Waals surface area contributed by atoms with Crippen LogP contribution in [0.5, 0.6) is 0 Å². The zero-order valence-corrected chi connectivity index (χ0v) is 10.6. The van der Waals surface area contributed by atoms with Crippen molar-refractivity contribution in [2.75, 3.05) is 6.54 Å². The normalized spacial score (nSPS) is 17.7.